The first-order chi connectivity index (χ1) is 32.2. The molecular formula is C62H40N2S. The number of hydrogen-bond acceptors (Lipinski definition) is 2. The molecule has 0 spiro atoms. The smallest absolute Gasteiger partial charge is 0.0546 e. The second kappa shape index (κ2) is 15.2. The zero-order chi connectivity index (χ0) is 42.8. The van der Waals surface area contributed by atoms with E-state index in [9.17, 15) is 0 Å². The van der Waals surface area contributed by atoms with Crippen LogP contribution in [0.1, 0.15) is 0 Å². The topological polar surface area (TPSA) is 8.17 Å². The first kappa shape index (κ1) is 37.3. The van der Waals surface area contributed by atoms with Crippen LogP contribution in [0.25, 0.3) is 103 Å². The maximum Gasteiger partial charge on any atom is 0.0546 e. The standard InChI is InChI=1S/C62H40N2S/c1-2-20-47(21-3-1)63-57-29-12-9-23-50(57)55-40-48(36-37-58(55)63)64(56-28-11-8-22-49(56)45-34-32-41-16-4-6-18-43(41)38-45)59-30-15-25-52(61(59)46-35-33-42-17-5-7-19-44(42)39-46)54-27-14-26-53-51-24-10-13-31-60(51)65-62(53)54/h1-40H. The molecule has 3 heteroatoms. The van der Waals surface area contributed by atoms with Gasteiger partial charge >= 0.3 is 0 Å². The fourth-order valence-electron chi connectivity index (χ4n) is 10.2. The van der Waals surface area contributed by atoms with Gasteiger partial charge < -0.3 is 9.47 Å². The van der Waals surface area contributed by atoms with Gasteiger partial charge in [0.05, 0.1) is 22.4 Å². The lowest BCUT2D eigenvalue weighted by atomic mass is 9.90. The quantitative estimate of drug-likeness (QED) is 0.155. The number of rotatable bonds is 7. The highest BCUT2D eigenvalue weighted by Crippen LogP contribution is 2.51. The van der Waals surface area contributed by atoms with Crippen LogP contribution in [0, 0.1) is 0 Å². The number of aromatic nitrogens is 1. The van der Waals surface area contributed by atoms with Crippen molar-refractivity contribution < 1.29 is 0 Å². The van der Waals surface area contributed by atoms with Crippen molar-refractivity contribution in [2.24, 2.45) is 0 Å². The largest absolute Gasteiger partial charge is 0.309 e. The highest BCUT2D eigenvalue weighted by Gasteiger charge is 2.25. The Labute approximate surface area is 381 Å². The summed E-state index contributed by atoms with van der Waals surface area (Å²) in [5, 5.41) is 9.89. The Kier molecular flexibility index (Phi) is 8.75. The predicted octanol–water partition coefficient (Wildman–Crippen LogP) is 17.9. The second-order valence-electron chi connectivity index (χ2n) is 16.8. The Bertz CT molecular complexity index is 3970. The molecule has 11 aromatic carbocycles. The molecule has 0 unspecified atom stereocenters. The molecule has 0 bridgehead atoms. The number of fused-ring (bicyclic) bond motifs is 8. The van der Waals surface area contributed by atoms with Crippen LogP contribution in [0.5, 0.6) is 0 Å². The molecule has 0 fully saturated rings. The van der Waals surface area contributed by atoms with Crippen molar-refractivity contribution in [3.05, 3.63) is 243 Å². The van der Waals surface area contributed by atoms with Crippen LogP contribution >= 0.6 is 11.3 Å². The van der Waals surface area contributed by atoms with Crippen LogP contribution in [0.15, 0.2) is 243 Å². The van der Waals surface area contributed by atoms with E-state index in [0.29, 0.717) is 0 Å². The number of para-hydroxylation sites is 3. The molecule has 0 aliphatic heterocycles. The first-order valence-corrected chi connectivity index (χ1v) is 23.1. The lowest BCUT2D eigenvalue weighted by Crippen LogP contribution is -2.13. The maximum atomic E-state index is 2.53. The van der Waals surface area contributed by atoms with Crippen molar-refractivity contribution in [1.29, 1.82) is 0 Å². The van der Waals surface area contributed by atoms with Crippen molar-refractivity contribution >= 4 is 91.9 Å². The minimum Gasteiger partial charge on any atom is -0.309 e. The maximum absolute atomic E-state index is 2.53. The van der Waals surface area contributed by atoms with Gasteiger partial charge in [-0.2, -0.15) is 0 Å². The van der Waals surface area contributed by atoms with Crippen molar-refractivity contribution in [3.8, 4) is 39.1 Å². The van der Waals surface area contributed by atoms with Crippen molar-refractivity contribution in [1.82, 2.24) is 4.57 Å². The van der Waals surface area contributed by atoms with Crippen LogP contribution < -0.4 is 4.90 Å². The van der Waals surface area contributed by atoms with E-state index < -0.39 is 0 Å². The lowest BCUT2D eigenvalue weighted by Gasteiger charge is -2.31. The molecule has 0 aliphatic carbocycles. The molecule has 0 N–H and O–H groups in total. The van der Waals surface area contributed by atoms with E-state index in [1.807, 2.05) is 11.3 Å². The third-order valence-electron chi connectivity index (χ3n) is 13.2. The first-order valence-electron chi connectivity index (χ1n) is 22.2. The summed E-state index contributed by atoms with van der Waals surface area (Å²) in [5.41, 5.74) is 13.9. The summed E-state index contributed by atoms with van der Waals surface area (Å²) in [6.45, 7) is 0. The Hall–Kier alpha value is -8.24. The Morgan fingerprint density at radius 2 is 0.923 bits per heavy atom. The lowest BCUT2D eigenvalue weighted by molar-refractivity contribution is 1.18. The molecule has 13 rings (SSSR count). The molecule has 0 saturated carbocycles. The van der Waals surface area contributed by atoms with Gasteiger partial charge in [0.15, 0.2) is 0 Å². The van der Waals surface area contributed by atoms with Gasteiger partial charge in [-0.25, -0.2) is 0 Å². The number of thiophene rings is 1. The van der Waals surface area contributed by atoms with Gasteiger partial charge in [0.25, 0.3) is 0 Å². The highest BCUT2D eigenvalue weighted by molar-refractivity contribution is 7.26. The van der Waals surface area contributed by atoms with E-state index in [1.165, 1.54) is 91.3 Å². The van der Waals surface area contributed by atoms with E-state index in [1.54, 1.807) is 0 Å². The van der Waals surface area contributed by atoms with Crippen molar-refractivity contribution in [2.45, 2.75) is 0 Å². The van der Waals surface area contributed by atoms with Gasteiger partial charge in [0, 0.05) is 59.0 Å². The van der Waals surface area contributed by atoms with Gasteiger partial charge in [0.2, 0.25) is 0 Å². The number of hydrogen-bond donors (Lipinski definition) is 0. The van der Waals surface area contributed by atoms with Gasteiger partial charge in [-0.3, -0.25) is 0 Å². The van der Waals surface area contributed by atoms with E-state index in [-0.39, 0.29) is 0 Å². The molecule has 13 aromatic rings. The van der Waals surface area contributed by atoms with E-state index in [4.69, 9.17) is 0 Å². The summed E-state index contributed by atoms with van der Waals surface area (Å²) < 4.78 is 4.99. The number of benzene rings is 11. The normalized spacial score (nSPS) is 11.7. The molecule has 0 atom stereocenters. The molecule has 2 heterocycles. The van der Waals surface area contributed by atoms with Crippen LogP contribution in [0.4, 0.5) is 17.1 Å². The summed E-state index contributed by atoms with van der Waals surface area (Å²) in [5.74, 6) is 0. The molecule has 0 saturated heterocycles. The third-order valence-corrected chi connectivity index (χ3v) is 14.4. The minimum atomic E-state index is 1.08. The van der Waals surface area contributed by atoms with E-state index in [2.05, 4.69) is 252 Å². The zero-order valence-corrected chi connectivity index (χ0v) is 36.2. The molecule has 0 aliphatic rings. The fraction of sp³-hybridized carbons (Fsp3) is 0. The summed E-state index contributed by atoms with van der Waals surface area (Å²) in [4.78, 5) is 2.53. The SMILES string of the molecule is c1ccc(-n2c3ccccc3c3cc(N(c4ccccc4-c4ccc5ccccc5c4)c4cccc(-c5cccc6c5sc5ccccc56)c4-c4ccc5ccccc5c4)ccc32)cc1. The Balaban J connectivity index is 1.14. The van der Waals surface area contributed by atoms with Crippen LogP contribution in [0.3, 0.4) is 0 Å². The predicted molar refractivity (Wildman–Crippen MR) is 280 cm³/mol. The zero-order valence-electron chi connectivity index (χ0n) is 35.4. The average molecular weight is 845 g/mol. The molecule has 304 valence electrons. The molecule has 0 radical (unpaired) electrons. The molecular weight excluding hydrogens is 805 g/mol. The van der Waals surface area contributed by atoms with Crippen molar-refractivity contribution in [3.63, 3.8) is 0 Å². The summed E-state index contributed by atoms with van der Waals surface area (Å²) in [6, 6.07) is 89.3. The van der Waals surface area contributed by atoms with Gasteiger partial charge in [-0.15, -0.1) is 11.3 Å². The summed E-state index contributed by atoms with van der Waals surface area (Å²) in [6.07, 6.45) is 0. The van der Waals surface area contributed by atoms with Crippen LogP contribution in [0.2, 0.25) is 0 Å². The summed E-state index contributed by atoms with van der Waals surface area (Å²) in [7, 11) is 0. The summed E-state index contributed by atoms with van der Waals surface area (Å²) >= 11 is 1.88. The van der Waals surface area contributed by atoms with Crippen LogP contribution in [-0.4, -0.2) is 4.57 Å². The number of nitrogens with zero attached hydrogens (tertiary/aromatic N) is 2. The molecule has 2 nitrogen and oxygen atoms in total. The fourth-order valence-corrected chi connectivity index (χ4v) is 11.4. The Morgan fingerprint density at radius 1 is 0.338 bits per heavy atom. The van der Waals surface area contributed by atoms with Gasteiger partial charge in [-0.05, 0) is 105 Å². The average Bonchev–Trinajstić information content (AvgIpc) is 3.92. The monoisotopic (exact) mass is 844 g/mol. The highest BCUT2D eigenvalue weighted by atomic mass is 32.1. The minimum absolute atomic E-state index is 1.08. The van der Waals surface area contributed by atoms with E-state index in [0.717, 1.165) is 28.3 Å². The number of anilines is 3. The molecule has 2 aromatic heterocycles. The Morgan fingerprint density at radius 3 is 1.75 bits per heavy atom. The molecule has 0 amide bonds. The third kappa shape index (κ3) is 6.16. The second-order valence-corrected chi connectivity index (χ2v) is 17.9. The van der Waals surface area contributed by atoms with Crippen LogP contribution in [-0.2, 0) is 0 Å². The van der Waals surface area contributed by atoms with E-state index >= 15 is 0 Å². The van der Waals surface area contributed by atoms with Gasteiger partial charge in [0.1, 0.15) is 0 Å². The van der Waals surface area contributed by atoms with Crippen molar-refractivity contribution in [2.75, 3.05) is 4.90 Å². The van der Waals surface area contributed by atoms with Gasteiger partial charge in [-0.1, -0.05) is 176 Å². The molecule has 65 heavy (non-hydrogen) atoms.